The maximum absolute atomic E-state index is 14.1. The number of aliphatic hydroxyl groups excluding tert-OH is 1. The molecule has 1 aromatic heterocycles. The topological polar surface area (TPSA) is 356 Å². The summed E-state index contributed by atoms with van der Waals surface area (Å²) in [6.07, 6.45) is 5.68. The van der Waals surface area contributed by atoms with Gasteiger partial charge in [0, 0.05) is 50.0 Å². The Morgan fingerprint density at radius 3 is 2.08 bits per heavy atom. The maximum atomic E-state index is 14.1. The number of likely N-dealkylation sites (tertiary alicyclic amines) is 1. The Balaban J connectivity index is 1.12. The summed E-state index contributed by atoms with van der Waals surface area (Å²) in [6.45, 7) is 13.2. The lowest BCUT2D eigenvalue weighted by molar-refractivity contribution is -0.141. The van der Waals surface area contributed by atoms with Crippen molar-refractivity contribution in [3.05, 3.63) is 58.1 Å². The second kappa shape index (κ2) is 32.9. The van der Waals surface area contributed by atoms with E-state index in [9.17, 15) is 56.7 Å². The number of carbonyl (C=O) groups excluding carboxylic acids is 9. The Hall–Kier alpha value is -6.43. The van der Waals surface area contributed by atoms with Gasteiger partial charge in [-0.2, -0.15) is 0 Å². The quantitative estimate of drug-likeness (QED) is 0.0356. The van der Waals surface area contributed by atoms with Crippen molar-refractivity contribution in [2.45, 2.75) is 152 Å². The van der Waals surface area contributed by atoms with Crippen LogP contribution in [0.1, 0.15) is 133 Å². The lowest BCUT2D eigenvalue weighted by Crippen LogP contribution is -2.58. The summed E-state index contributed by atoms with van der Waals surface area (Å²) in [6, 6.07) is 1.04. The Labute approximate surface area is 501 Å². The van der Waals surface area contributed by atoms with Crippen molar-refractivity contribution in [1.82, 2.24) is 51.0 Å². The van der Waals surface area contributed by atoms with Gasteiger partial charge in [0.1, 0.15) is 34.9 Å². The maximum Gasteiger partial charge on any atom is 0.312 e. The third kappa shape index (κ3) is 20.6. The van der Waals surface area contributed by atoms with Crippen molar-refractivity contribution in [3.63, 3.8) is 0 Å². The zero-order valence-electron chi connectivity index (χ0n) is 50.0. The third-order valence-corrected chi connectivity index (χ3v) is 17.8. The van der Waals surface area contributed by atoms with Crippen molar-refractivity contribution >= 4 is 74.6 Å². The average molecular weight is 1230 g/mol. The number of sulfonamides is 1. The van der Waals surface area contributed by atoms with Crippen molar-refractivity contribution in [2.75, 3.05) is 73.4 Å². The van der Waals surface area contributed by atoms with Crippen molar-refractivity contribution in [2.24, 2.45) is 23.5 Å². The molecule has 0 radical (unpaired) electrons. The van der Waals surface area contributed by atoms with E-state index < -0.39 is 81.4 Å². The molecule has 26 nitrogen and oxygen atoms in total. The SMILES string of the molecule is CC[C@H](C)[C@H](NC(=O)[C@H]1CCCCN1C)C(=O)N(C)[C@H](C[C@@H](O)c1nc(C(=O)NS(=O)(=O)c2ccc(C3(NC(=O)[C@H](CCCNC(N)=O)NC(=O)[C@@H](NC(=O)CCOCCOCCOCCN4C(=O)C=CC4=O)C(C)C)CC3)cc2)cs1)C(C)C. The second-order valence-corrected chi connectivity index (χ2v) is 25.1. The van der Waals surface area contributed by atoms with Crippen LogP contribution >= 0.6 is 11.3 Å². The van der Waals surface area contributed by atoms with Gasteiger partial charge in [-0.05, 0) is 87.6 Å². The highest BCUT2D eigenvalue weighted by Crippen LogP contribution is 2.46. The molecular weight excluding hydrogens is 1140 g/mol. The number of ether oxygens (including phenoxy) is 3. The number of hydrogen-bond donors (Lipinski definition) is 8. The van der Waals surface area contributed by atoms with E-state index in [1.54, 1.807) is 25.8 Å². The Kier molecular flexibility index (Phi) is 26.8. The zero-order valence-corrected chi connectivity index (χ0v) is 51.7. The third-order valence-electron chi connectivity index (χ3n) is 15.5. The van der Waals surface area contributed by atoms with E-state index in [2.05, 4.69) is 31.6 Å². The van der Waals surface area contributed by atoms with Crippen LogP contribution in [0.2, 0.25) is 0 Å². The number of amides is 10. The van der Waals surface area contributed by atoms with Crippen molar-refractivity contribution in [1.29, 1.82) is 0 Å². The number of aromatic nitrogens is 1. The van der Waals surface area contributed by atoms with E-state index in [-0.39, 0.29) is 136 Å². The molecule has 28 heteroatoms. The molecule has 9 N–H and O–H groups in total. The van der Waals surface area contributed by atoms with Gasteiger partial charge in [-0.15, -0.1) is 11.3 Å². The summed E-state index contributed by atoms with van der Waals surface area (Å²) in [5.74, 6) is -4.66. The first-order valence-electron chi connectivity index (χ1n) is 29.1. The first-order chi connectivity index (χ1) is 40.3. The number of primary amides is 1. The smallest absolute Gasteiger partial charge is 0.312 e. The Bertz CT molecular complexity index is 2760. The number of urea groups is 1. The summed E-state index contributed by atoms with van der Waals surface area (Å²) in [4.78, 5) is 125. The number of hydrogen-bond acceptors (Lipinski definition) is 18. The molecule has 1 aromatic carbocycles. The van der Waals surface area contributed by atoms with Gasteiger partial charge in [-0.1, -0.05) is 66.5 Å². The predicted octanol–water partition coefficient (Wildman–Crippen LogP) is 1.73. The molecular formula is C57H87N11O15S2. The van der Waals surface area contributed by atoms with Crippen LogP contribution in [0.25, 0.3) is 0 Å². The van der Waals surface area contributed by atoms with Crippen LogP contribution in [-0.2, 0) is 63.3 Å². The Morgan fingerprint density at radius 1 is 0.859 bits per heavy atom. The van der Waals surface area contributed by atoms with E-state index >= 15 is 0 Å². The van der Waals surface area contributed by atoms with E-state index in [1.807, 2.05) is 44.4 Å². The minimum atomic E-state index is -4.47. The second-order valence-electron chi connectivity index (χ2n) is 22.5. The minimum Gasteiger partial charge on any atom is -0.386 e. The fraction of sp³-hybridized carbons (Fsp3) is 0.649. The number of piperidine rings is 1. The molecule has 85 heavy (non-hydrogen) atoms. The lowest BCUT2D eigenvalue weighted by atomic mass is 9.92. The number of nitrogens with zero attached hydrogens (tertiary/aromatic N) is 4. The van der Waals surface area contributed by atoms with Gasteiger partial charge >= 0.3 is 6.03 Å². The first kappa shape index (κ1) is 69.3. The number of nitrogens with one attached hydrogen (secondary N) is 6. The van der Waals surface area contributed by atoms with Gasteiger partial charge < -0.3 is 56.5 Å². The van der Waals surface area contributed by atoms with Crippen LogP contribution in [0.3, 0.4) is 0 Å². The fourth-order valence-electron chi connectivity index (χ4n) is 9.94. The average Bonchev–Trinajstić information content (AvgIpc) is 1.83. The molecule has 1 saturated heterocycles. The summed E-state index contributed by atoms with van der Waals surface area (Å²) in [7, 11) is -0.914. The number of benzene rings is 1. The summed E-state index contributed by atoms with van der Waals surface area (Å²) in [5, 5.41) is 26.9. The Morgan fingerprint density at radius 2 is 1.49 bits per heavy atom. The highest BCUT2D eigenvalue weighted by molar-refractivity contribution is 7.90. The van der Waals surface area contributed by atoms with E-state index in [1.165, 1.54) is 41.8 Å². The highest BCUT2D eigenvalue weighted by Gasteiger charge is 2.47. The largest absolute Gasteiger partial charge is 0.386 e. The fourth-order valence-corrected chi connectivity index (χ4v) is 11.7. The lowest BCUT2D eigenvalue weighted by Gasteiger charge is -2.38. The van der Waals surface area contributed by atoms with E-state index in [4.69, 9.17) is 19.9 Å². The number of carbonyl (C=O) groups is 9. The highest BCUT2D eigenvalue weighted by atomic mass is 32.2. The summed E-state index contributed by atoms with van der Waals surface area (Å²) in [5.41, 5.74) is 4.62. The van der Waals surface area contributed by atoms with E-state index in [0.717, 1.165) is 35.6 Å². The first-order valence-corrected chi connectivity index (χ1v) is 31.5. The molecule has 0 bridgehead atoms. The molecule has 5 rings (SSSR count). The normalized spacial score (nSPS) is 18.0. The van der Waals surface area contributed by atoms with Crippen molar-refractivity contribution < 1.29 is 70.9 Å². The molecule has 1 saturated carbocycles. The number of likely N-dealkylation sites (N-methyl/N-ethyl adjacent to an activating group) is 2. The van der Waals surface area contributed by atoms with Gasteiger partial charge in [0.05, 0.1) is 62.7 Å². The predicted molar refractivity (Wildman–Crippen MR) is 313 cm³/mol. The number of rotatable bonds is 36. The molecule has 2 aliphatic heterocycles. The standard InChI is InChI=1S/C57H87N11O15S2/c1-9-37(6)49(63-52(75)42-14-10-11-25-66(42)7)55(77)67(8)43(35(2)3)33-44(69)54-61-41(34-84-54)51(74)65-85(79,80)39-17-15-38(16-18-39)57(22-23-57)64-50(73)40(13-12-24-59-56(58)78)60-53(76)48(36(4)5)62-45(70)21-27-81-29-31-83-32-30-82-28-26-68-46(71)19-20-47(68)72/h15-20,34-37,40,42-44,48-49,69H,9-14,21-33H2,1-8H3,(H,60,76)(H,62,70)(H,63,75)(H,64,73)(H,65,74)(H3,58,59,78)/t37-,40-,42+,43+,44+,48-,49-/m0/s1. The van der Waals surface area contributed by atoms with Gasteiger partial charge in [0.25, 0.3) is 27.7 Å². The van der Waals surface area contributed by atoms with Gasteiger partial charge in [-0.25, -0.2) is 22.9 Å². The number of nitrogens with two attached hydrogens (primary N) is 1. The van der Waals surface area contributed by atoms with Gasteiger partial charge in [0.15, 0.2) is 0 Å². The van der Waals surface area contributed by atoms with Crippen LogP contribution in [0, 0.1) is 17.8 Å². The molecule has 0 unspecified atom stereocenters. The molecule has 3 aliphatic rings. The molecule has 2 aromatic rings. The zero-order chi connectivity index (χ0) is 62.6. The number of imide groups is 1. The molecule has 10 amide bonds. The van der Waals surface area contributed by atoms with Crippen LogP contribution in [0.15, 0.2) is 46.7 Å². The van der Waals surface area contributed by atoms with Gasteiger partial charge in [0.2, 0.25) is 29.5 Å². The molecule has 3 heterocycles. The number of thiazole rings is 1. The monoisotopic (exact) mass is 1230 g/mol. The van der Waals surface area contributed by atoms with Gasteiger partial charge in [-0.3, -0.25) is 48.2 Å². The minimum absolute atomic E-state index is 0.0270. The van der Waals surface area contributed by atoms with Crippen LogP contribution < -0.4 is 37.0 Å². The summed E-state index contributed by atoms with van der Waals surface area (Å²) < 4.78 is 45.6. The molecule has 2 fully saturated rings. The molecule has 0 spiro atoms. The molecule has 472 valence electrons. The van der Waals surface area contributed by atoms with Crippen LogP contribution in [0.5, 0.6) is 0 Å². The number of aliphatic hydroxyl groups is 1. The van der Waals surface area contributed by atoms with E-state index in [0.29, 0.717) is 31.2 Å². The summed E-state index contributed by atoms with van der Waals surface area (Å²) >= 11 is 0.963. The van der Waals surface area contributed by atoms with Crippen LogP contribution in [-0.4, -0.2) is 190 Å². The van der Waals surface area contributed by atoms with Crippen LogP contribution in [0.4, 0.5) is 4.79 Å². The molecule has 7 atom stereocenters. The molecule has 1 aliphatic carbocycles. The van der Waals surface area contributed by atoms with Crippen molar-refractivity contribution in [3.8, 4) is 0 Å².